The highest BCUT2D eigenvalue weighted by molar-refractivity contribution is 5.95. The Hall–Kier alpha value is -3.02. The molecule has 0 aliphatic carbocycles. The first-order valence-electron chi connectivity index (χ1n) is 9.10. The van der Waals surface area contributed by atoms with Gasteiger partial charge >= 0.3 is 5.97 Å². The van der Waals surface area contributed by atoms with Crippen molar-refractivity contribution < 1.29 is 24.2 Å². The number of fused-ring (bicyclic) bond motifs is 1. The molecule has 2 aliphatic heterocycles. The molecule has 2 aliphatic rings. The molecule has 4 rings (SSSR count). The molecule has 2 heterocycles. The van der Waals surface area contributed by atoms with E-state index in [2.05, 4.69) is 0 Å². The molecule has 0 unspecified atom stereocenters. The molecule has 0 spiro atoms. The van der Waals surface area contributed by atoms with Crippen LogP contribution in [0.4, 0.5) is 0 Å². The second-order valence-corrected chi connectivity index (χ2v) is 6.88. The lowest BCUT2D eigenvalue weighted by Gasteiger charge is -2.17. The largest absolute Gasteiger partial charge is 0.490 e. The van der Waals surface area contributed by atoms with Gasteiger partial charge in [0.2, 0.25) is 0 Å². The maximum atomic E-state index is 13.0. The fourth-order valence-corrected chi connectivity index (χ4v) is 3.74. The number of carboxylic acid groups (broad SMARTS) is 1. The summed E-state index contributed by atoms with van der Waals surface area (Å²) in [5.41, 5.74) is 1.43. The lowest BCUT2D eigenvalue weighted by Crippen LogP contribution is -2.29. The molecule has 1 amide bonds. The van der Waals surface area contributed by atoms with Gasteiger partial charge in [0.05, 0.1) is 19.1 Å². The van der Waals surface area contributed by atoms with E-state index in [4.69, 9.17) is 9.47 Å². The fraction of sp³-hybridized carbons (Fsp3) is 0.333. The van der Waals surface area contributed by atoms with Crippen LogP contribution in [-0.4, -0.2) is 48.2 Å². The third-order valence-electron chi connectivity index (χ3n) is 5.15. The van der Waals surface area contributed by atoms with Crippen LogP contribution in [0.5, 0.6) is 11.5 Å². The lowest BCUT2D eigenvalue weighted by atomic mass is 9.89. The van der Waals surface area contributed by atoms with Crippen molar-refractivity contribution in [2.75, 3.05) is 26.3 Å². The second-order valence-electron chi connectivity index (χ2n) is 6.88. The van der Waals surface area contributed by atoms with E-state index in [9.17, 15) is 14.7 Å². The summed E-state index contributed by atoms with van der Waals surface area (Å²) in [7, 11) is 0. The van der Waals surface area contributed by atoms with Crippen molar-refractivity contribution in [3.05, 3.63) is 59.7 Å². The zero-order chi connectivity index (χ0) is 18.8. The number of carboxylic acids is 1. The first-order chi connectivity index (χ1) is 13.1. The highest BCUT2D eigenvalue weighted by atomic mass is 16.5. The summed E-state index contributed by atoms with van der Waals surface area (Å²) in [6, 6.07) is 14.7. The van der Waals surface area contributed by atoms with E-state index in [-0.39, 0.29) is 18.4 Å². The van der Waals surface area contributed by atoms with E-state index in [1.54, 1.807) is 23.1 Å². The summed E-state index contributed by atoms with van der Waals surface area (Å²) in [4.78, 5) is 26.4. The predicted octanol–water partition coefficient (Wildman–Crippen LogP) is 2.79. The van der Waals surface area contributed by atoms with E-state index in [1.165, 1.54) is 0 Å². The molecule has 0 bridgehead atoms. The highest BCUT2D eigenvalue weighted by Crippen LogP contribution is 2.35. The van der Waals surface area contributed by atoms with E-state index >= 15 is 0 Å². The van der Waals surface area contributed by atoms with Gasteiger partial charge in [-0.1, -0.05) is 30.3 Å². The van der Waals surface area contributed by atoms with E-state index in [0.717, 1.165) is 12.0 Å². The topological polar surface area (TPSA) is 76.1 Å². The summed E-state index contributed by atoms with van der Waals surface area (Å²) in [5, 5.41) is 9.63. The molecular weight excluding hydrogens is 346 g/mol. The van der Waals surface area contributed by atoms with Crippen LogP contribution >= 0.6 is 0 Å². The molecule has 2 aromatic carbocycles. The van der Waals surface area contributed by atoms with Crippen LogP contribution in [0.1, 0.15) is 28.3 Å². The molecule has 1 saturated heterocycles. The average Bonchev–Trinajstić information content (AvgIpc) is 3.01. The number of amides is 1. The normalized spacial score (nSPS) is 21.6. The number of benzene rings is 2. The van der Waals surface area contributed by atoms with Crippen LogP contribution in [0.2, 0.25) is 0 Å². The summed E-state index contributed by atoms with van der Waals surface area (Å²) in [6.45, 7) is 1.72. The SMILES string of the molecule is O=C(O)[C@@H]1CN(C(=O)c2ccc3c(c2)OCCCO3)C[C@@H]1c1ccccc1. The van der Waals surface area contributed by atoms with Crippen molar-refractivity contribution in [3.63, 3.8) is 0 Å². The van der Waals surface area contributed by atoms with Crippen LogP contribution in [0.25, 0.3) is 0 Å². The Morgan fingerprint density at radius 2 is 1.70 bits per heavy atom. The van der Waals surface area contributed by atoms with Gasteiger partial charge in [-0.2, -0.15) is 0 Å². The first-order valence-corrected chi connectivity index (χ1v) is 9.10. The summed E-state index contributed by atoms with van der Waals surface area (Å²) < 4.78 is 11.3. The van der Waals surface area contributed by atoms with Crippen LogP contribution in [0.3, 0.4) is 0 Å². The van der Waals surface area contributed by atoms with Gasteiger partial charge in [-0.25, -0.2) is 0 Å². The molecule has 6 heteroatoms. The average molecular weight is 367 g/mol. The maximum absolute atomic E-state index is 13.0. The number of carbonyl (C=O) groups excluding carboxylic acids is 1. The van der Waals surface area contributed by atoms with Crippen LogP contribution < -0.4 is 9.47 Å². The molecule has 0 radical (unpaired) electrons. The van der Waals surface area contributed by atoms with Crippen molar-refractivity contribution in [2.24, 2.45) is 5.92 Å². The summed E-state index contributed by atoms with van der Waals surface area (Å²) in [6.07, 6.45) is 0.795. The molecule has 1 fully saturated rings. The number of ether oxygens (including phenoxy) is 2. The zero-order valence-corrected chi connectivity index (χ0v) is 14.8. The smallest absolute Gasteiger partial charge is 0.308 e. The maximum Gasteiger partial charge on any atom is 0.308 e. The Morgan fingerprint density at radius 3 is 2.44 bits per heavy atom. The van der Waals surface area contributed by atoms with Crippen molar-refractivity contribution in [3.8, 4) is 11.5 Å². The minimum atomic E-state index is -0.877. The first kappa shape index (κ1) is 17.4. The number of aliphatic carboxylic acids is 1. The van der Waals surface area contributed by atoms with E-state index < -0.39 is 11.9 Å². The van der Waals surface area contributed by atoms with Gasteiger partial charge in [-0.15, -0.1) is 0 Å². The van der Waals surface area contributed by atoms with Crippen molar-refractivity contribution >= 4 is 11.9 Å². The molecule has 140 valence electrons. The number of likely N-dealkylation sites (tertiary alicyclic amines) is 1. The zero-order valence-electron chi connectivity index (χ0n) is 14.8. The van der Waals surface area contributed by atoms with Gasteiger partial charge in [0.15, 0.2) is 11.5 Å². The minimum absolute atomic E-state index is 0.185. The molecular formula is C21H21NO5. The number of carbonyl (C=O) groups is 2. The number of hydrogen-bond acceptors (Lipinski definition) is 4. The number of rotatable bonds is 3. The van der Waals surface area contributed by atoms with Gasteiger partial charge in [-0.05, 0) is 23.8 Å². The number of hydrogen-bond donors (Lipinski definition) is 1. The van der Waals surface area contributed by atoms with E-state index in [1.807, 2.05) is 30.3 Å². The fourth-order valence-electron chi connectivity index (χ4n) is 3.74. The highest BCUT2D eigenvalue weighted by Gasteiger charge is 2.40. The Morgan fingerprint density at radius 1 is 0.963 bits per heavy atom. The van der Waals surface area contributed by atoms with Gasteiger partial charge in [0.1, 0.15) is 0 Å². The molecule has 27 heavy (non-hydrogen) atoms. The molecule has 6 nitrogen and oxygen atoms in total. The standard InChI is InChI=1S/C21H21NO5/c23-20(15-7-8-18-19(11-15)27-10-4-9-26-18)22-12-16(17(13-22)21(24)25)14-5-2-1-3-6-14/h1-3,5-8,11,16-17H,4,9-10,12-13H2,(H,24,25)/t16-,17-/m1/s1. The van der Waals surface area contributed by atoms with Crippen molar-refractivity contribution in [1.82, 2.24) is 4.90 Å². The van der Waals surface area contributed by atoms with Gasteiger partial charge in [0.25, 0.3) is 5.91 Å². The lowest BCUT2D eigenvalue weighted by molar-refractivity contribution is -0.141. The van der Waals surface area contributed by atoms with Crippen LogP contribution in [0.15, 0.2) is 48.5 Å². The van der Waals surface area contributed by atoms with Crippen LogP contribution in [0, 0.1) is 5.92 Å². The van der Waals surface area contributed by atoms with Crippen molar-refractivity contribution in [2.45, 2.75) is 12.3 Å². The predicted molar refractivity (Wildman–Crippen MR) is 98.3 cm³/mol. The molecule has 0 aromatic heterocycles. The minimum Gasteiger partial charge on any atom is -0.490 e. The monoisotopic (exact) mass is 367 g/mol. The van der Waals surface area contributed by atoms with Crippen LogP contribution in [-0.2, 0) is 4.79 Å². The summed E-state index contributed by atoms with van der Waals surface area (Å²) in [5.74, 6) is -0.694. The van der Waals surface area contributed by atoms with E-state index in [0.29, 0.717) is 36.8 Å². The molecule has 2 aromatic rings. The Labute approximate surface area is 157 Å². The molecule has 2 atom stereocenters. The third kappa shape index (κ3) is 3.47. The van der Waals surface area contributed by atoms with Gasteiger partial charge in [-0.3, -0.25) is 9.59 Å². The molecule has 0 saturated carbocycles. The Bertz CT molecular complexity index is 851. The van der Waals surface area contributed by atoms with Crippen molar-refractivity contribution in [1.29, 1.82) is 0 Å². The Kier molecular flexibility index (Phi) is 4.71. The van der Waals surface area contributed by atoms with Gasteiger partial charge < -0.3 is 19.5 Å². The Balaban J connectivity index is 1.57. The quantitative estimate of drug-likeness (QED) is 0.903. The summed E-state index contributed by atoms with van der Waals surface area (Å²) >= 11 is 0. The third-order valence-corrected chi connectivity index (χ3v) is 5.15. The number of nitrogens with zero attached hydrogens (tertiary/aromatic N) is 1. The second kappa shape index (κ2) is 7.31. The molecule has 1 N–H and O–H groups in total. The van der Waals surface area contributed by atoms with Gasteiger partial charge in [0, 0.05) is 31.0 Å².